The van der Waals surface area contributed by atoms with Gasteiger partial charge in [-0.3, -0.25) is 14.5 Å². The average molecular weight is 289 g/mol. The summed E-state index contributed by atoms with van der Waals surface area (Å²) in [6, 6.07) is 7.88. The fourth-order valence-electron chi connectivity index (χ4n) is 2.66. The van der Waals surface area contributed by atoms with Crippen molar-refractivity contribution in [3.05, 3.63) is 35.9 Å². The molecule has 0 aromatic heterocycles. The van der Waals surface area contributed by atoms with Crippen LogP contribution >= 0.6 is 0 Å². The van der Waals surface area contributed by atoms with E-state index in [-0.39, 0.29) is 19.3 Å². The Hall–Kier alpha value is -2.17. The molecule has 5 nitrogen and oxygen atoms in total. The summed E-state index contributed by atoms with van der Waals surface area (Å²) in [5.41, 5.74) is 0.385. The zero-order valence-electron chi connectivity index (χ0n) is 12.2. The van der Waals surface area contributed by atoms with E-state index in [4.69, 9.17) is 0 Å². The Balaban J connectivity index is 2.24. The van der Waals surface area contributed by atoms with Crippen LogP contribution in [0.25, 0.3) is 0 Å². The van der Waals surface area contributed by atoms with Crippen molar-refractivity contribution in [3.8, 4) is 0 Å². The minimum atomic E-state index is -1.15. The van der Waals surface area contributed by atoms with Gasteiger partial charge in [-0.2, -0.15) is 0 Å². The molecule has 1 heterocycles. The standard InChI is InChI=1S/C16H19NO4/c1-16(2)9-13(18)17(14(19)10-16)12(15(20)21)8-11-6-4-3-5-7-11/h3-7,12H,8-10H2,1-2H3,(H,20,21). The van der Waals surface area contributed by atoms with Crippen LogP contribution in [0.5, 0.6) is 0 Å². The van der Waals surface area contributed by atoms with E-state index < -0.39 is 29.2 Å². The van der Waals surface area contributed by atoms with Gasteiger partial charge in [0.15, 0.2) is 0 Å². The summed E-state index contributed by atoms with van der Waals surface area (Å²) < 4.78 is 0. The van der Waals surface area contributed by atoms with Gasteiger partial charge in [-0.15, -0.1) is 0 Å². The van der Waals surface area contributed by atoms with Crippen molar-refractivity contribution in [2.24, 2.45) is 5.41 Å². The van der Waals surface area contributed by atoms with Crippen LogP contribution in [0.4, 0.5) is 0 Å². The highest BCUT2D eigenvalue weighted by atomic mass is 16.4. The van der Waals surface area contributed by atoms with Gasteiger partial charge in [-0.25, -0.2) is 4.79 Å². The molecular weight excluding hydrogens is 270 g/mol. The molecule has 21 heavy (non-hydrogen) atoms. The lowest BCUT2D eigenvalue weighted by molar-refractivity contribution is -0.163. The lowest BCUT2D eigenvalue weighted by atomic mass is 9.81. The molecule has 0 radical (unpaired) electrons. The van der Waals surface area contributed by atoms with E-state index in [1.807, 2.05) is 19.9 Å². The third-order valence-electron chi connectivity index (χ3n) is 3.67. The van der Waals surface area contributed by atoms with Gasteiger partial charge in [0, 0.05) is 19.3 Å². The second kappa shape index (κ2) is 5.68. The van der Waals surface area contributed by atoms with Crippen molar-refractivity contribution >= 4 is 17.8 Å². The van der Waals surface area contributed by atoms with Crippen LogP contribution in [0, 0.1) is 5.41 Å². The fourth-order valence-corrected chi connectivity index (χ4v) is 2.66. The number of carbonyl (C=O) groups is 3. The minimum absolute atomic E-state index is 0.133. The second-order valence-corrected chi connectivity index (χ2v) is 6.22. The molecule has 0 saturated carbocycles. The van der Waals surface area contributed by atoms with Gasteiger partial charge in [-0.05, 0) is 11.0 Å². The normalized spacial score (nSPS) is 19.4. The SMILES string of the molecule is CC1(C)CC(=O)N(C(Cc2ccccc2)C(=O)O)C(=O)C1. The van der Waals surface area contributed by atoms with E-state index in [9.17, 15) is 19.5 Å². The fraction of sp³-hybridized carbons (Fsp3) is 0.438. The molecule has 1 aromatic carbocycles. The number of hydrogen-bond donors (Lipinski definition) is 1. The summed E-state index contributed by atoms with van der Waals surface area (Å²) >= 11 is 0. The lowest BCUT2D eigenvalue weighted by Crippen LogP contribution is -2.54. The maximum absolute atomic E-state index is 12.2. The molecule has 1 N–H and O–H groups in total. The first-order chi connectivity index (χ1) is 9.80. The van der Waals surface area contributed by atoms with Gasteiger partial charge < -0.3 is 5.11 Å². The molecule has 1 aromatic rings. The number of likely N-dealkylation sites (tertiary alicyclic amines) is 1. The summed E-state index contributed by atoms with van der Waals surface area (Å²) in [5.74, 6) is -1.96. The van der Waals surface area contributed by atoms with Gasteiger partial charge in [0.1, 0.15) is 6.04 Å². The Morgan fingerprint density at radius 1 is 1.19 bits per heavy atom. The molecule has 1 aliphatic heterocycles. The van der Waals surface area contributed by atoms with E-state index in [0.717, 1.165) is 10.5 Å². The van der Waals surface area contributed by atoms with Gasteiger partial charge in [0.05, 0.1) is 0 Å². The maximum Gasteiger partial charge on any atom is 0.327 e. The summed E-state index contributed by atoms with van der Waals surface area (Å²) in [7, 11) is 0. The highest BCUT2D eigenvalue weighted by molar-refractivity contribution is 6.01. The first kappa shape index (κ1) is 15.2. The van der Waals surface area contributed by atoms with Crippen LogP contribution in [0.2, 0.25) is 0 Å². The van der Waals surface area contributed by atoms with Crippen LogP contribution in [-0.2, 0) is 20.8 Å². The van der Waals surface area contributed by atoms with Crippen LogP contribution in [0.3, 0.4) is 0 Å². The Labute approximate surface area is 123 Å². The Morgan fingerprint density at radius 2 is 1.71 bits per heavy atom. The summed E-state index contributed by atoms with van der Waals surface area (Å²) in [5, 5.41) is 9.41. The van der Waals surface area contributed by atoms with Crippen LogP contribution in [0.15, 0.2) is 30.3 Å². The predicted molar refractivity (Wildman–Crippen MR) is 76.4 cm³/mol. The van der Waals surface area contributed by atoms with Crippen molar-refractivity contribution in [1.29, 1.82) is 0 Å². The van der Waals surface area contributed by atoms with Gasteiger partial charge in [0.25, 0.3) is 0 Å². The van der Waals surface area contributed by atoms with Crippen molar-refractivity contribution in [3.63, 3.8) is 0 Å². The molecular formula is C16H19NO4. The number of rotatable bonds is 4. The Morgan fingerprint density at radius 3 is 2.19 bits per heavy atom. The molecule has 1 fully saturated rings. The number of carbonyl (C=O) groups excluding carboxylic acids is 2. The number of hydrogen-bond acceptors (Lipinski definition) is 3. The third-order valence-corrected chi connectivity index (χ3v) is 3.67. The molecule has 5 heteroatoms. The van der Waals surface area contributed by atoms with E-state index in [1.54, 1.807) is 24.3 Å². The zero-order valence-corrected chi connectivity index (χ0v) is 12.2. The molecule has 1 aliphatic rings. The number of piperidine rings is 1. The topological polar surface area (TPSA) is 74.7 Å². The van der Waals surface area contributed by atoms with Crippen LogP contribution in [-0.4, -0.2) is 33.8 Å². The highest BCUT2D eigenvalue weighted by Gasteiger charge is 2.43. The van der Waals surface area contributed by atoms with Crippen molar-refractivity contribution in [1.82, 2.24) is 4.90 Å². The summed E-state index contributed by atoms with van der Waals surface area (Å²) in [6.45, 7) is 3.68. The van der Waals surface area contributed by atoms with E-state index in [0.29, 0.717) is 0 Å². The number of carboxylic acid groups (broad SMARTS) is 1. The maximum atomic E-state index is 12.2. The van der Waals surface area contributed by atoms with E-state index >= 15 is 0 Å². The third kappa shape index (κ3) is 3.48. The smallest absolute Gasteiger partial charge is 0.327 e. The molecule has 2 amide bonds. The largest absolute Gasteiger partial charge is 0.480 e. The number of benzene rings is 1. The highest BCUT2D eigenvalue weighted by Crippen LogP contribution is 2.32. The van der Waals surface area contributed by atoms with Crippen molar-refractivity contribution in [2.75, 3.05) is 0 Å². The monoisotopic (exact) mass is 289 g/mol. The number of imide groups is 1. The number of amides is 2. The zero-order chi connectivity index (χ0) is 15.6. The summed E-state index contributed by atoms with van der Waals surface area (Å²) in [6.07, 6.45) is 0.517. The van der Waals surface area contributed by atoms with Crippen LogP contribution in [0.1, 0.15) is 32.3 Å². The summed E-state index contributed by atoms with van der Waals surface area (Å²) in [4.78, 5) is 36.8. The molecule has 112 valence electrons. The average Bonchev–Trinajstić information content (AvgIpc) is 2.36. The predicted octanol–water partition coefficient (Wildman–Crippen LogP) is 1.86. The second-order valence-electron chi connectivity index (χ2n) is 6.22. The quantitative estimate of drug-likeness (QED) is 0.858. The van der Waals surface area contributed by atoms with Crippen molar-refractivity contribution < 1.29 is 19.5 Å². The van der Waals surface area contributed by atoms with Gasteiger partial charge in [-0.1, -0.05) is 44.2 Å². The van der Waals surface area contributed by atoms with E-state index in [2.05, 4.69) is 0 Å². The number of carboxylic acids is 1. The molecule has 0 spiro atoms. The first-order valence-electron chi connectivity index (χ1n) is 6.92. The van der Waals surface area contributed by atoms with Crippen LogP contribution < -0.4 is 0 Å². The van der Waals surface area contributed by atoms with Gasteiger partial charge in [0.2, 0.25) is 11.8 Å². The van der Waals surface area contributed by atoms with Crippen molar-refractivity contribution in [2.45, 2.75) is 39.2 Å². The van der Waals surface area contributed by atoms with E-state index in [1.165, 1.54) is 0 Å². The molecule has 0 bridgehead atoms. The molecule has 2 rings (SSSR count). The molecule has 0 aliphatic carbocycles. The number of aliphatic carboxylic acids is 1. The Bertz CT molecular complexity index is 545. The Kier molecular flexibility index (Phi) is 4.11. The molecule has 1 saturated heterocycles. The number of nitrogens with zero attached hydrogens (tertiary/aromatic N) is 1. The minimum Gasteiger partial charge on any atom is -0.480 e. The van der Waals surface area contributed by atoms with Gasteiger partial charge >= 0.3 is 5.97 Å². The lowest BCUT2D eigenvalue weighted by Gasteiger charge is -2.37. The first-order valence-corrected chi connectivity index (χ1v) is 6.92. The molecule has 1 atom stereocenters. The molecule has 1 unspecified atom stereocenters.